The fourth-order valence-electron chi connectivity index (χ4n) is 3.02. The molecular formula is C21H20N4O3S. The Morgan fingerprint density at radius 2 is 1.79 bits per heavy atom. The number of aromatic nitrogens is 1. The Balaban J connectivity index is 1.45. The van der Waals surface area contributed by atoms with Gasteiger partial charge in [-0.05, 0) is 35.7 Å². The fraction of sp³-hybridized carbons (Fsp3) is 0.190. The molecule has 29 heavy (non-hydrogen) atoms. The number of thiophene rings is 1. The highest BCUT2D eigenvalue weighted by molar-refractivity contribution is 7.12. The van der Waals surface area contributed by atoms with Crippen molar-refractivity contribution in [1.82, 2.24) is 4.98 Å². The van der Waals surface area contributed by atoms with E-state index < -0.39 is 0 Å². The summed E-state index contributed by atoms with van der Waals surface area (Å²) in [4.78, 5) is 32.3. The van der Waals surface area contributed by atoms with Crippen molar-refractivity contribution in [3.63, 3.8) is 0 Å². The SMILES string of the molecule is O=C(Nc1ccccc1C(=O)Nc1ccc(N2CCOCC2)nc1)c1cccs1. The predicted octanol–water partition coefficient (Wildman–Crippen LogP) is 3.48. The van der Waals surface area contributed by atoms with Crippen LogP contribution in [0.2, 0.25) is 0 Å². The molecule has 3 heterocycles. The first-order valence-corrected chi connectivity index (χ1v) is 10.1. The second-order valence-electron chi connectivity index (χ2n) is 6.44. The van der Waals surface area contributed by atoms with Gasteiger partial charge in [0.05, 0.1) is 41.2 Å². The van der Waals surface area contributed by atoms with E-state index in [2.05, 4.69) is 20.5 Å². The molecule has 2 N–H and O–H groups in total. The van der Waals surface area contributed by atoms with Crippen LogP contribution < -0.4 is 15.5 Å². The minimum absolute atomic E-state index is 0.239. The van der Waals surface area contributed by atoms with Crippen LogP contribution in [0.4, 0.5) is 17.2 Å². The summed E-state index contributed by atoms with van der Waals surface area (Å²) < 4.78 is 5.35. The van der Waals surface area contributed by atoms with Gasteiger partial charge in [-0.25, -0.2) is 4.98 Å². The van der Waals surface area contributed by atoms with Crippen LogP contribution in [-0.4, -0.2) is 43.1 Å². The number of hydrogen-bond donors (Lipinski definition) is 2. The first kappa shape index (κ1) is 19.1. The zero-order valence-electron chi connectivity index (χ0n) is 15.6. The third-order valence-electron chi connectivity index (χ3n) is 4.51. The highest BCUT2D eigenvalue weighted by Crippen LogP contribution is 2.20. The van der Waals surface area contributed by atoms with E-state index in [4.69, 9.17) is 4.74 Å². The third kappa shape index (κ3) is 4.61. The summed E-state index contributed by atoms with van der Waals surface area (Å²) in [7, 11) is 0. The number of benzene rings is 1. The van der Waals surface area contributed by atoms with Crippen molar-refractivity contribution < 1.29 is 14.3 Å². The summed E-state index contributed by atoms with van der Waals surface area (Å²) in [5.41, 5.74) is 1.43. The molecule has 4 rings (SSSR count). The van der Waals surface area contributed by atoms with Crippen LogP contribution in [0.15, 0.2) is 60.1 Å². The lowest BCUT2D eigenvalue weighted by molar-refractivity contribution is 0.102. The van der Waals surface area contributed by atoms with Crippen molar-refractivity contribution in [3.05, 3.63) is 70.5 Å². The maximum Gasteiger partial charge on any atom is 0.265 e. The molecule has 0 saturated carbocycles. The summed E-state index contributed by atoms with van der Waals surface area (Å²) in [5.74, 6) is 0.305. The number of anilines is 3. The molecule has 0 unspecified atom stereocenters. The Morgan fingerprint density at radius 3 is 2.52 bits per heavy atom. The lowest BCUT2D eigenvalue weighted by atomic mass is 10.1. The van der Waals surface area contributed by atoms with E-state index in [0.29, 0.717) is 35.0 Å². The summed E-state index contributed by atoms with van der Waals surface area (Å²) in [6.45, 7) is 2.98. The van der Waals surface area contributed by atoms with Crippen LogP contribution in [0.3, 0.4) is 0 Å². The Labute approximate surface area is 172 Å². The average Bonchev–Trinajstić information content (AvgIpc) is 3.30. The van der Waals surface area contributed by atoms with E-state index >= 15 is 0 Å². The van der Waals surface area contributed by atoms with Crippen LogP contribution in [0, 0.1) is 0 Å². The smallest absolute Gasteiger partial charge is 0.265 e. The topological polar surface area (TPSA) is 83.6 Å². The van der Waals surface area contributed by atoms with Gasteiger partial charge < -0.3 is 20.3 Å². The Kier molecular flexibility index (Phi) is 5.83. The quantitative estimate of drug-likeness (QED) is 0.675. The number of ether oxygens (including phenoxy) is 1. The lowest BCUT2D eigenvalue weighted by Gasteiger charge is -2.27. The molecule has 1 saturated heterocycles. The number of nitrogens with zero attached hydrogens (tertiary/aromatic N) is 2. The van der Waals surface area contributed by atoms with Crippen LogP contribution >= 0.6 is 11.3 Å². The van der Waals surface area contributed by atoms with E-state index in [1.54, 1.807) is 36.5 Å². The number of carbonyl (C=O) groups excluding carboxylic acids is 2. The molecule has 2 amide bonds. The molecule has 0 aliphatic carbocycles. The highest BCUT2D eigenvalue weighted by atomic mass is 32.1. The van der Waals surface area contributed by atoms with E-state index in [1.165, 1.54) is 11.3 Å². The van der Waals surface area contributed by atoms with Crippen molar-refractivity contribution in [2.24, 2.45) is 0 Å². The number of morpholine rings is 1. The average molecular weight is 408 g/mol. The Hall–Kier alpha value is -3.23. The minimum Gasteiger partial charge on any atom is -0.378 e. The molecule has 8 heteroatoms. The van der Waals surface area contributed by atoms with Gasteiger partial charge >= 0.3 is 0 Å². The maximum absolute atomic E-state index is 12.8. The number of para-hydroxylation sites is 1. The van der Waals surface area contributed by atoms with Gasteiger partial charge in [0, 0.05) is 13.1 Å². The standard InChI is InChI=1S/C21H20N4O3S/c26-20(23-15-7-8-19(22-14-15)25-9-11-28-12-10-25)16-4-1-2-5-17(16)24-21(27)18-6-3-13-29-18/h1-8,13-14H,9-12H2,(H,23,26)(H,24,27). The number of hydrogen-bond acceptors (Lipinski definition) is 6. The van der Waals surface area contributed by atoms with Crippen molar-refractivity contribution in [1.29, 1.82) is 0 Å². The molecule has 7 nitrogen and oxygen atoms in total. The Bertz CT molecular complexity index is 983. The molecule has 2 aromatic heterocycles. The van der Waals surface area contributed by atoms with Gasteiger partial charge in [0.2, 0.25) is 0 Å². The molecule has 1 aromatic carbocycles. The third-order valence-corrected chi connectivity index (χ3v) is 5.37. The molecule has 148 valence electrons. The monoisotopic (exact) mass is 408 g/mol. The van der Waals surface area contributed by atoms with E-state index in [9.17, 15) is 9.59 Å². The largest absolute Gasteiger partial charge is 0.378 e. The van der Waals surface area contributed by atoms with Crippen molar-refractivity contribution in [2.75, 3.05) is 41.8 Å². The normalized spacial score (nSPS) is 13.7. The van der Waals surface area contributed by atoms with Crippen molar-refractivity contribution in [2.45, 2.75) is 0 Å². The molecule has 1 aliphatic rings. The van der Waals surface area contributed by atoms with Crippen LogP contribution in [0.25, 0.3) is 0 Å². The number of pyridine rings is 1. The minimum atomic E-state index is -0.312. The fourth-order valence-corrected chi connectivity index (χ4v) is 3.64. The van der Waals surface area contributed by atoms with Gasteiger partial charge in [-0.1, -0.05) is 18.2 Å². The number of nitrogens with one attached hydrogen (secondary N) is 2. The molecule has 1 aliphatic heterocycles. The first-order valence-electron chi connectivity index (χ1n) is 9.25. The van der Waals surface area contributed by atoms with Gasteiger partial charge in [-0.2, -0.15) is 0 Å². The lowest BCUT2D eigenvalue weighted by Crippen LogP contribution is -2.36. The zero-order chi connectivity index (χ0) is 20.1. The molecule has 1 fully saturated rings. The van der Waals surface area contributed by atoms with Gasteiger partial charge in [0.15, 0.2) is 0 Å². The molecule has 0 atom stereocenters. The first-order chi connectivity index (χ1) is 14.2. The van der Waals surface area contributed by atoms with E-state index in [0.717, 1.165) is 18.9 Å². The predicted molar refractivity (Wildman–Crippen MR) is 114 cm³/mol. The summed E-state index contributed by atoms with van der Waals surface area (Å²) in [6.07, 6.45) is 1.63. The number of carbonyl (C=O) groups is 2. The molecule has 0 bridgehead atoms. The Morgan fingerprint density at radius 1 is 0.966 bits per heavy atom. The van der Waals surface area contributed by atoms with Gasteiger partial charge in [0.1, 0.15) is 5.82 Å². The highest BCUT2D eigenvalue weighted by Gasteiger charge is 2.16. The summed E-state index contributed by atoms with van der Waals surface area (Å²) in [6, 6.07) is 14.2. The van der Waals surface area contributed by atoms with Crippen LogP contribution in [-0.2, 0) is 4.74 Å². The number of rotatable bonds is 5. The molecule has 3 aromatic rings. The van der Waals surface area contributed by atoms with Gasteiger partial charge in [0.25, 0.3) is 11.8 Å². The second-order valence-corrected chi connectivity index (χ2v) is 7.38. The van der Waals surface area contributed by atoms with E-state index in [1.807, 2.05) is 23.6 Å². The zero-order valence-corrected chi connectivity index (χ0v) is 16.4. The molecule has 0 radical (unpaired) electrons. The van der Waals surface area contributed by atoms with Crippen molar-refractivity contribution >= 4 is 40.3 Å². The van der Waals surface area contributed by atoms with E-state index in [-0.39, 0.29) is 11.8 Å². The molecule has 0 spiro atoms. The van der Waals surface area contributed by atoms with Crippen LogP contribution in [0.5, 0.6) is 0 Å². The van der Waals surface area contributed by atoms with Gasteiger partial charge in [-0.15, -0.1) is 11.3 Å². The van der Waals surface area contributed by atoms with Crippen LogP contribution in [0.1, 0.15) is 20.0 Å². The summed E-state index contributed by atoms with van der Waals surface area (Å²) in [5, 5.41) is 7.49. The number of amides is 2. The maximum atomic E-state index is 12.8. The van der Waals surface area contributed by atoms with Gasteiger partial charge in [-0.3, -0.25) is 9.59 Å². The van der Waals surface area contributed by atoms with Crippen molar-refractivity contribution in [3.8, 4) is 0 Å². The summed E-state index contributed by atoms with van der Waals surface area (Å²) >= 11 is 1.35. The second kappa shape index (κ2) is 8.85. The molecular weight excluding hydrogens is 388 g/mol.